The maximum atomic E-state index is 11.4. The lowest BCUT2D eigenvalue weighted by Crippen LogP contribution is -2.39. The van der Waals surface area contributed by atoms with Gasteiger partial charge in [0.05, 0.1) is 13.5 Å². The monoisotopic (exact) mass is 229 g/mol. The maximum absolute atomic E-state index is 11.4. The molecular formula is C12H23NO3. The molecule has 4 heteroatoms. The Balaban J connectivity index is 2.57. The van der Waals surface area contributed by atoms with Gasteiger partial charge in [-0.15, -0.1) is 0 Å². The van der Waals surface area contributed by atoms with Gasteiger partial charge in [0, 0.05) is 19.3 Å². The molecule has 0 aromatic rings. The third-order valence-electron chi connectivity index (χ3n) is 3.45. The van der Waals surface area contributed by atoms with Gasteiger partial charge in [-0.25, -0.2) is 0 Å². The molecule has 1 saturated heterocycles. The van der Waals surface area contributed by atoms with E-state index in [1.54, 1.807) is 0 Å². The fourth-order valence-corrected chi connectivity index (χ4v) is 2.35. The number of carbonyl (C=O) groups excluding carboxylic acids is 1. The van der Waals surface area contributed by atoms with E-state index < -0.39 is 0 Å². The van der Waals surface area contributed by atoms with Crippen LogP contribution < -0.4 is 5.73 Å². The Morgan fingerprint density at radius 2 is 2.38 bits per heavy atom. The number of ether oxygens (including phenoxy) is 2. The first-order valence-electron chi connectivity index (χ1n) is 6.09. The van der Waals surface area contributed by atoms with E-state index in [-0.39, 0.29) is 17.9 Å². The minimum absolute atomic E-state index is 0.0609. The predicted molar refractivity (Wildman–Crippen MR) is 61.9 cm³/mol. The molecule has 0 amide bonds. The minimum atomic E-state index is -0.167. The molecule has 0 aromatic heterocycles. The van der Waals surface area contributed by atoms with E-state index in [4.69, 9.17) is 15.2 Å². The lowest BCUT2D eigenvalue weighted by molar-refractivity contribution is -0.143. The van der Waals surface area contributed by atoms with Crippen molar-refractivity contribution in [3.8, 4) is 0 Å². The van der Waals surface area contributed by atoms with Crippen LogP contribution in [0.1, 0.15) is 32.6 Å². The van der Waals surface area contributed by atoms with E-state index in [1.165, 1.54) is 7.11 Å². The SMILES string of the molecule is CCC(N)C(CC(=O)OC)C1CCCOC1. The van der Waals surface area contributed by atoms with Crippen LogP contribution in [0.3, 0.4) is 0 Å². The second-order valence-electron chi connectivity index (χ2n) is 4.49. The summed E-state index contributed by atoms with van der Waals surface area (Å²) in [7, 11) is 1.42. The van der Waals surface area contributed by atoms with E-state index in [2.05, 4.69) is 6.92 Å². The van der Waals surface area contributed by atoms with Gasteiger partial charge in [0.15, 0.2) is 0 Å². The van der Waals surface area contributed by atoms with Crippen LogP contribution in [0.4, 0.5) is 0 Å². The molecule has 0 spiro atoms. The molecule has 94 valence electrons. The van der Waals surface area contributed by atoms with Gasteiger partial charge in [-0.3, -0.25) is 4.79 Å². The highest BCUT2D eigenvalue weighted by Crippen LogP contribution is 2.28. The van der Waals surface area contributed by atoms with Gasteiger partial charge in [0.1, 0.15) is 0 Å². The van der Waals surface area contributed by atoms with Crippen LogP contribution in [0, 0.1) is 11.8 Å². The summed E-state index contributed by atoms with van der Waals surface area (Å²) in [6, 6.07) is 0.0609. The molecule has 0 aliphatic carbocycles. The van der Waals surface area contributed by atoms with Gasteiger partial charge in [0.2, 0.25) is 0 Å². The molecule has 3 atom stereocenters. The largest absolute Gasteiger partial charge is 0.469 e. The van der Waals surface area contributed by atoms with E-state index in [1.807, 2.05) is 0 Å². The highest BCUT2D eigenvalue weighted by molar-refractivity contribution is 5.69. The Bertz CT molecular complexity index is 214. The maximum Gasteiger partial charge on any atom is 0.305 e. The third kappa shape index (κ3) is 3.76. The van der Waals surface area contributed by atoms with Crippen LogP contribution in [0.5, 0.6) is 0 Å². The van der Waals surface area contributed by atoms with Gasteiger partial charge in [-0.2, -0.15) is 0 Å². The molecule has 4 nitrogen and oxygen atoms in total. The van der Waals surface area contributed by atoms with E-state index in [9.17, 15) is 4.79 Å². The average Bonchev–Trinajstić information content (AvgIpc) is 2.35. The standard InChI is InChI=1S/C12H23NO3/c1-3-11(13)10(7-12(14)15-2)9-5-4-6-16-8-9/h9-11H,3-8,13H2,1-2H3. The van der Waals surface area contributed by atoms with Gasteiger partial charge >= 0.3 is 5.97 Å². The number of methoxy groups -OCH3 is 1. The lowest BCUT2D eigenvalue weighted by Gasteiger charge is -2.33. The molecule has 1 fully saturated rings. The molecule has 1 aliphatic heterocycles. The topological polar surface area (TPSA) is 61.6 Å². The number of hydrogen-bond donors (Lipinski definition) is 1. The number of rotatable bonds is 5. The zero-order chi connectivity index (χ0) is 12.0. The van der Waals surface area contributed by atoms with Crippen molar-refractivity contribution in [2.75, 3.05) is 20.3 Å². The van der Waals surface area contributed by atoms with Crippen LogP contribution >= 0.6 is 0 Å². The second kappa shape index (κ2) is 6.86. The first-order chi connectivity index (χ1) is 7.69. The van der Waals surface area contributed by atoms with Crippen LogP contribution in [-0.2, 0) is 14.3 Å². The van der Waals surface area contributed by atoms with E-state index >= 15 is 0 Å². The summed E-state index contributed by atoms with van der Waals surface area (Å²) in [5.74, 6) is 0.431. The van der Waals surface area contributed by atoms with Crippen molar-refractivity contribution in [2.24, 2.45) is 17.6 Å². The quantitative estimate of drug-likeness (QED) is 0.722. The summed E-state index contributed by atoms with van der Waals surface area (Å²) in [5.41, 5.74) is 6.09. The minimum Gasteiger partial charge on any atom is -0.469 e. The van der Waals surface area contributed by atoms with Gasteiger partial charge in [-0.1, -0.05) is 6.92 Å². The summed E-state index contributed by atoms with van der Waals surface area (Å²) in [6.07, 6.45) is 3.48. The molecule has 3 unspecified atom stereocenters. The summed E-state index contributed by atoms with van der Waals surface area (Å²) in [6.45, 7) is 3.62. The number of hydrogen-bond acceptors (Lipinski definition) is 4. The van der Waals surface area contributed by atoms with Crippen molar-refractivity contribution >= 4 is 5.97 Å². The van der Waals surface area contributed by atoms with Crippen LogP contribution in [0.25, 0.3) is 0 Å². The van der Waals surface area contributed by atoms with Crippen molar-refractivity contribution in [1.29, 1.82) is 0 Å². The van der Waals surface area contributed by atoms with Crippen molar-refractivity contribution in [3.63, 3.8) is 0 Å². The first-order valence-corrected chi connectivity index (χ1v) is 6.09. The lowest BCUT2D eigenvalue weighted by atomic mass is 9.80. The van der Waals surface area contributed by atoms with Crippen molar-refractivity contribution in [2.45, 2.75) is 38.6 Å². The normalized spacial score (nSPS) is 24.8. The van der Waals surface area contributed by atoms with Crippen LogP contribution in [0.15, 0.2) is 0 Å². The Morgan fingerprint density at radius 1 is 1.62 bits per heavy atom. The highest BCUT2D eigenvalue weighted by atomic mass is 16.5. The molecule has 16 heavy (non-hydrogen) atoms. The smallest absolute Gasteiger partial charge is 0.305 e. The zero-order valence-electron chi connectivity index (χ0n) is 10.3. The van der Waals surface area contributed by atoms with Crippen LogP contribution in [-0.4, -0.2) is 32.3 Å². The average molecular weight is 229 g/mol. The van der Waals surface area contributed by atoms with Crippen molar-refractivity contribution < 1.29 is 14.3 Å². The molecule has 1 aliphatic rings. The van der Waals surface area contributed by atoms with Crippen LogP contribution in [0.2, 0.25) is 0 Å². The summed E-state index contributed by atoms with van der Waals surface area (Å²) >= 11 is 0. The molecule has 0 saturated carbocycles. The van der Waals surface area contributed by atoms with Crippen molar-refractivity contribution in [1.82, 2.24) is 0 Å². The number of carbonyl (C=O) groups is 1. The first kappa shape index (κ1) is 13.5. The third-order valence-corrected chi connectivity index (χ3v) is 3.45. The molecule has 1 rings (SSSR count). The number of nitrogens with two attached hydrogens (primary N) is 1. The molecule has 1 heterocycles. The molecule has 0 bridgehead atoms. The Kier molecular flexibility index (Phi) is 5.77. The highest BCUT2D eigenvalue weighted by Gasteiger charge is 2.30. The van der Waals surface area contributed by atoms with E-state index in [0.717, 1.165) is 32.5 Å². The van der Waals surface area contributed by atoms with E-state index in [0.29, 0.717) is 12.3 Å². The second-order valence-corrected chi connectivity index (χ2v) is 4.49. The Hall–Kier alpha value is -0.610. The number of esters is 1. The van der Waals surface area contributed by atoms with Gasteiger partial charge in [0.25, 0.3) is 0 Å². The Labute approximate surface area is 97.5 Å². The molecule has 2 N–H and O–H groups in total. The van der Waals surface area contributed by atoms with Gasteiger partial charge in [-0.05, 0) is 31.1 Å². The Morgan fingerprint density at radius 3 is 2.88 bits per heavy atom. The van der Waals surface area contributed by atoms with Gasteiger partial charge < -0.3 is 15.2 Å². The zero-order valence-corrected chi connectivity index (χ0v) is 10.3. The fourth-order valence-electron chi connectivity index (χ4n) is 2.35. The molecule has 0 aromatic carbocycles. The van der Waals surface area contributed by atoms with Crippen molar-refractivity contribution in [3.05, 3.63) is 0 Å². The predicted octanol–water partition coefficient (Wildman–Crippen LogP) is 1.33. The fraction of sp³-hybridized carbons (Fsp3) is 0.917. The molecular weight excluding hydrogens is 206 g/mol. The molecule has 0 radical (unpaired) electrons. The summed E-state index contributed by atoms with van der Waals surface area (Å²) < 4.78 is 10.2. The summed E-state index contributed by atoms with van der Waals surface area (Å²) in [5, 5.41) is 0. The summed E-state index contributed by atoms with van der Waals surface area (Å²) in [4.78, 5) is 11.4.